The molecule has 0 spiro atoms. The van der Waals surface area contributed by atoms with Crippen LogP contribution in [0.5, 0.6) is 0 Å². The fraction of sp³-hybridized carbons (Fsp3) is 0.429. The van der Waals surface area contributed by atoms with Gasteiger partial charge in [-0.2, -0.15) is 0 Å². The van der Waals surface area contributed by atoms with Gasteiger partial charge in [0, 0.05) is 18.9 Å². The number of hydrogen-bond donors (Lipinski definition) is 0. The molecule has 2 rings (SSSR count). The Kier molecular flexibility index (Phi) is 3.57. The summed E-state index contributed by atoms with van der Waals surface area (Å²) in [4.78, 5) is 0. The zero-order chi connectivity index (χ0) is 12.4. The van der Waals surface area contributed by atoms with Gasteiger partial charge in [-0.15, -0.1) is 0 Å². The van der Waals surface area contributed by atoms with Gasteiger partial charge in [0.2, 0.25) is 5.71 Å². The number of hydrazone groups is 1. The normalized spacial score (nSPS) is 18.5. The molecule has 0 aliphatic carbocycles. The standard InChI is InChI=1S/C14H18N2S/c1-10(2)12-4-6-13(7-5-12)11(3)16-9-8-14(17)15-16/h4-7,10H,8-9H2,1-3H3. The highest BCUT2D eigenvalue weighted by Crippen LogP contribution is 2.15. The van der Waals surface area contributed by atoms with Gasteiger partial charge in [0.05, 0.1) is 0 Å². The summed E-state index contributed by atoms with van der Waals surface area (Å²) in [6, 6.07) is 8.72. The van der Waals surface area contributed by atoms with Crippen LogP contribution >= 0.6 is 0 Å². The second-order valence-corrected chi connectivity index (χ2v) is 5.20. The predicted molar refractivity (Wildman–Crippen MR) is 74.9 cm³/mol. The van der Waals surface area contributed by atoms with Gasteiger partial charge < -0.3 is 12.6 Å². The molecule has 0 unspecified atom stereocenters. The van der Waals surface area contributed by atoms with Crippen LogP contribution in [-0.4, -0.2) is 22.0 Å². The minimum Gasteiger partial charge on any atom is -0.759 e. The SMILES string of the molecule is CC(c1ccc(C(C)C)cc1)=[N+]1CCC([S-])=N1. The molecule has 17 heavy (non-hydrogen) atoms. The van der Waals surface area contributed by atoms with E-state index < -0.39 is 0 Å². The van der Waals surface area contributed by atoms with Crippen molar-refractivity contribution in [2.75, 3.05) is 6.54 Å². The van der Waals surface area contributed by atoms with E-state index in [0.717, 1.165) is 18.0 Å². The molecule has 90 valence electrons. The van der Waals surface area contributed by atoms with Crippen molar-refractivity contribution >= 4 is 23.4 Å². The summed E-state index contributed by atoms with van der Waals surface area (Å²) in [7, 11) is 0. The first-order valence-electron chi connectivity index (χ1n) is 6.04. The molecule has 0 N–H and O–H groups in total. The molecular formula is C14H18N2S. The van der Waals surface area contributed by atoms with Crippen molar-refractivity contribution in [3.8, 4) is 0 Å². The van der Waals surface area contributed by atoms with E-state index in [-0.39, 0.29) is 0 Å². The molecule has 0 atom stereocenters. The van der Waals surface area contributed by atoms with Crippen LogP contribution in [0.1, 0.15) is 44.2 Å². The van der Waals surface area contributed by atoms with Gasteiger partial charge in [-0.25, -0.2) is 0 Å². The van der Waals surface area contributed by atoms with E-state index in [1.54, 1.807) is 0 Å². The Hall–Kier alpha value is -1.22. The topological polar surface area (TPSA) is 15.4 Å². The molecule has 1 heterocycles. The first kappa shape index (κ1) is 12.2. The Morgan fingerprint density at radius 2 is 1.94 bits per heavy atom. The molecule has 0 saturated heterocycles. The molecule has 0 radical (unpaired) electrons. The lowest BCUT2D eigenvalue weighted by molar-refractivity contribution is -0.522. The minimum atomic E-state index is 0.577. The Bertz CT molecular complexity index is 470. The smallest absolute Gasteiger partial charge is 0.212 e. The summed E-state index contributed by atoms with van der Waals surface area (Å²) >= 11 is 5.10. The Morgan fingerprint density at radius 1 is 1.29 bits per heavy atom. The quantitative estimate of drug-likeness (QED) is 0.578. The van der Waals surface area contributed by atoms with Crippen LogP contribution < -0.4 is 0 Å². The molecule has 0 bridgehead atoms. The zero-order valence-electron chi connectivity index (χ0n) is 10.6. The largest absolute Gasteiger partial charge is 0.759 e. The maximum atomic E-state index is 5.10. The number of rotatable bonds is 2. The van der Waals surface area contributed by atoms with E-state index in [9.17, 15) is 0 Å². The molecule has 0 saturated carbocycles. The summed E-state index contributed by atoms with van der Waals surface area (Å²) < 4.78 is 2.01. The predicted octanol–water partition coefficient (Wildman–Crippen LogP) is 2.90. The third-order valence-corrected chi connectivity index (χ3v) is 3.44. The van der Waals surface area contributed by atoms with E-state index in [1.165, 1.54) is 16.8 Å². The van der Waals surface area contributed by atoms with Gasteiger partial charge in [-0.05, 0) is 33.8 Å². The van der Waals surface area contributed by atoms with Gasteiger partial charge in [0.1, 0.15) is 0 Å². The molecule has 3 heteroatoms. The highest BCUT2D eigenvalue weighted by molar-refractivity contribution is 7.77. The monoisotopic (exact) mass is 246 g/mol. The van der Waals surface area contributed by atoms with E-state index in [2.05, 4.69) is 50.1 Å². The van der Waals surface area contributed by atoms with Gasteiger partial charge in [-0.1, -0.05) is 30.7 Å². The van der Waals surface area contributed by atoms with Crippen molar-refractivity contribution in [3.63, 3.8) is 0 Å². The second-order valence-electron chi connectivity index (χ2n) is 4.73. The number of hydrogen-bond acceptors (Lipinski definition) is 2. The van der Waals surface area contributed by atoms with Crippen molar-refractivity contribution in [1.29, 1.82) is 0 Å². The Labute approximate surface area is 108 Å². The highest BCUT2D eigenvalue weighted by atomic mass is 32.1. The maximum Gasteiger partial charge on any atom is 0.212 e. The fourth-order valence-corrected chi connectivity index (χ4v) is 2.13. The lowest BCUT2D eigenvalue weighted by Gasteiger charge is -2.05. The van der Waals surface area contributed by atoms with Crippen molar-refractivity contribution in [3.05, 3.63) is 35.4 Å². The van der Waals surface area contributed by atoms with Crippen LogP contribution in [-0.2, 0) is 12.6 Å². The van der Waals surface area contributed by atoms with Gasteiger partial charge in [0.15, 0.2) is 6.54 Å². The first-order valence-corrected chi connectivity index (χ1v) is 6.44. The Morgan fingerprint density at radius 3 is 2.41 bits per heavy atom. The molecule has 0 aromatic heterocycles. The molecule has 0 fully saturated rings. The molecule has 0 amide bonds. The summed E-state index contributed by atoms with van der Waals surface area (Å²) in [5.74, 6) is 0.577. The van der Waals surface area contributed by atoms with E-state index in [1.807, 2.05) is 4.68 Å². The van der Waals surface area contributed by atoms with Gasteiger partial charge >= 0.3 is 0 Å². The van der Waals surface area contributed by atoms with E-state index in [0.29, 0.717) is 5.92 Å². The average Bonchev–Trinajstić information content (AvgIpc) is 2.75. The molecule has 2 nitrogen and oxygen atoms in total. The van der Waals surface area contributed by atoms with Crippen molar-refractivity contribution in [2.24, 2.45) is 5.10 Å². The minimum absolute atomic E-state index is 0.577. The summed E-state index contributed by atoms with van der Waals surface area (Å²) in [5, 5.41) is 5.16. The van der Waals surface area contributed by atoms with Crippen molar-refractivity contribution in [2.45, 2.75) is 33.1 Å². The van der Waals surface area contributed by atoms with Crippen molar-refractivity contribution in [1.82, 2.24) is 0 Å². The highest BCUT2D eigenvalue weighted by Gasteiger charge is 2.16. The van der Waals surface area contributed by atoms with Gasteiger partial charge in [0.25, 0.3) is 0 Å². The molecule has 1 aliphatic heterocycles. The number of nitrogens with zero attached hydrogens (tertiary/aromatic N) is 2. The third-order valence-electron chi connectivity index (χ3n) is 3.15. The number of benzene rings is 1. The van der Waals surface area contributed by atoms with Crippen LogP contribution in [0.15, 0.2) is 29.4 Å². The van der Waals surface area contributed by atoms with Crippen LogP contribution in [0.3, 0.4) is 0 Å². The third kappa shape index (κ3) is 2.72. The lowest BCUT2D eigenvalue weighted by Crippen LogP contribution is -2.12. The second kappa shape index (κ2) is 4.96. The maximum absolute atomic E-state index is 5.10. The summed E-state index contributed by atoms with van der Waals surface area (Å²) in [5.41, 5.74) is 3.78. The van der Waals surface area contributed by atoms with Crippen LogP contribution in [0, 0.1) is 0 Å². The van der Waals surface area contributed by atoms with Crippen LogP contribution in [0.4, 0.5) is 0 Å². The molecular weight excluding hydrogens is 228 g/mol. The zero-order valence-corrected chi connectivity index (χ0v) is 11.4. The molecule has 1 aromatic carbocycles. The van der Waals surface area contributed by atoms with E-state index >= 15 is 0 Å². The fourth-order valence-electron chi connectivity index (χ4n) is 1.94. The summed E-state index contributed by atoms with van der Waals surface area (Å²) in [6.45, 7) is 7.43. The van der Waals surface area contributed by atoms with E-state index in [4.69, 9.17) is 12.6 Å². The Balaban J connectivity index is 2.29. The van der Waals surface area contributed by atoms with Crippen LogP contribution in [0.2, 0.25) is 0 Å². The molecule has 1 aliphatic rings. The summed E-state index contributed by atoms with van der Waals surface area (Å²) in [6.07, 6.45) is 0.900. The first-order chi connectivity index (χ1) is 8.08. The van der Waals surface area contributed by atoms with Crippen molar-refractivity contribution < 1.29 is 4.68 Å². The average molecular weight is 246 g/mol. The van der Waals surface area contributed by atoms with Crippen LogP contribution in [0.25, 0.3) is 0 Å². The lowest BCUT2D eigenvalue weighted by atomic mass is 10.0. The molecule has 1 aromatic rings. The van der Waals surface area contributed by atoms with Gasteiger partial charge in [-0.3, -0.25) is 0 Å².